The Morgan fingerprint density at radius 3 is 2.71 bits per heavy atom. The largest absolute Gasteiger partial charge is 0.479 e. The molecule has 0 saturated carbocycles. The first-order valence-electron chi connectivity index (χ1n) is 5.15. The molecule has 0 radical (unpaired) electrons. The van der Waals surface area contributed by atoms with E-state index in [4.69, 9.17) is 16.7 Å². The van der Waals surface area contributed by atoms with Crippen LogP contribution in [0.15, 0.2) is 18.2 Å². The lowest BCUT2D eigenvalue weighted by Gasteiger charge is -2.10. The van der Waals surface area contributed by atoms with Gasteiger partial charge in [0, 0.05) is 17.0 Å². The fourth-order valence-electron chi connectivity index (χ4n) is 1.53. The number of rotatable bonds is 6. The molecule has 0 aliphatic carbocycles. The number of aldehydes is 1. The van der Waals surface area contributed by atoms with E-state index in [1.807, 2.05) is 0 Å². The van der Waals surface area contributed by atoms with E-state index in [1.165, 1.54) is 12.1 Å². The highest BCUT2D eigenvalue weighted by molar-refractivity contribution is 6.17. The average molecular weight is 257 g/mol. The van der Waals surface area contributed by atoms with Crippen LogP contribution in [-0.4, -0.2) is 28.3 Å². The van der Waals surface area contributed by atoms with Crippen LogP contribution in [-0.2, 0) is 11.2 Å². The molecule has 0 spiro atoms. The summed E-state index contributed by atoms with van der Waals surface area (Å²) in [6, 6.07) is 4.78. The Hall–Kier alpha value is -1.39. The summed E-state index contributed by atoms with van der Waals surface area (Å²) in [6.45, 7) is 0. The van der Waals surface area contributed by atoms with Crippen LogP contribution in [0.5, 0.6) is 0 Å². The predicted octanol–water partition coefficient (Wildman–Crippen LogP) is 1.79. The molecule has 5 heteroatoms. The van der Waals surface area contributed by atoms with Crippen molar-refractivity contribution < 1.29 is 19.8 Å². The number of hydrogen-bond acceptors (Lipinski definition) is 3. The quantitative estimate of drug-likeness (QED) is 0.601. The predicted molar refractivity (Wildman–Crippen MR) is 63.5 cm³/mol. The molecule has 0 aliphatic heterocycles. The Labute approximate surface area is 104 Å². The maximum Gasteiger partial charge on any atom is 0.337 e. The number of aliphatic hydroxyl groups is 1. The zero-order valence-electron chi connectivity index (χ0n) is 9.10. The minimum Gasteiger partial charge on any atom is -0.479 e. The third-order valence-electron chi connectivity index (χ3n) is 2.41. The topological polar surface area (TPSA) is 74.6 Å². The van der Waals surface area contributed by atoms with Gasteiger partial charge in [-0.2, -0.15) is 0 Å². The average Bonchev–Trinajstić information content (AvgIpc) is 2.34. The van der Waals surface area contributed by atoms with Crippen molar-refractivity contribution in [3.63, 3.8) is 0 Å². The lowest BCUT2D eigenvalue weighted by Crippen LogP contribution is -2.13. The molecule has 0 fully saturated rings. The van der Waals surface area contributed by atoms with Crippen molar-refractivity contribution in [3.05, 3.63) is 34.9 Å². The molecule has 0 heterocycles. The molecule has 1 aromatic rings. The van der Waals surface area contributed by atoms with Crippen LogP contribution < -0.4 is 0 Å². The molecule has 92 valence electrons. The number of carbonyl (C=O) groups is 2. The number of benzene rings is 1. The smallest absolute Gasteiger partial charge is 0.337 e. The van der Waals surface area contributed by atoms with Gasteiger partial charge in [-0.1, -0.05) is 18.2 Å². The Morgan fingerprint density at radius 1 is 1.47 bits per heavy atom. The van der Waals surface area contributed by atoms with Crippen molar-refractivity contribution >= 4 is 23.9 Å². The second-order valence-corrected chi connectivity index (χ2v) is 3.99. The van der Waals surface area contributed by atoms with Gasteiger partial charge in [0.05, 0.1) is 0 Å². The molecule has 1 rings (SSSR count). The van der Waals surface area contributed by atoms with Crippen molar-refractivity contribution in [2.75, 3.05) is 5.88 Å². The summed E-state index contributed by atoms with van der Waals surface area (Å²) >= 11 is 5.56. The first-order chi connectivity index (χ1) is 8.10. The van der Waals surface area contributed by atoms with Gasteiger partial charge in [-0.15, -0.1) is 11.6 Å². The monoisotopic (exact) mass is 256 g/mol. The van der Waals surface area contributed by atoms with Crippen LogP contribution in [0.25, 0.3) is 0 Å². The summed E-state index contributed by atoms with van der Waals surface area (Å²) in [5.41, 5.74) is 1.17. The zero-order valence-corrected chi connectivity index (χ0v) is 9.85. The third kappa shape index (κ3) is 3.54. The van der Waals surface area contributed by atoms with Crippen molar-refractivity contribution in [1.82, 2.24) is 0 Å². The van der Waals surface area contributed by atoms with E-state index in [2.05, 4.69) is 0 Å². The molecule has 4 nitrogen and oxygen atoms in total. The van der Waals surface area contributed by atoms with Gasteiger partial charge in [0.25, 0.3) is 0 Å². The Bertz CT molecular complexity index is 417. The van der Waals surface area contributed by atoms with Crippen molar-refractivity contribution in [2.45, 2.75) is 18.9 Å². The van der Waals surface area contributed by atoms with Gasteiger partial charge in [-0.3, -0.25) is 4.79 Å². The molecule has 0 aromatic heterocycles. The van der Waals surface area contributed by atoms with Crippen LogP contribution in [0.3, 0.4) is 0 Å². The molecule has 17 heavy (non-hydrogen) atoms. The standard InChI is InChI=1S/C12H13ClO4/c13-5-1-2-8-3-4-9(7-14)10(6-8)11(15)12(16)17/h3-4,6-7,11,15H,1-2,5H2,(H,16,17). The summed E-state index contributed by atoms with van der Waals surface area (Å²) in [5.74, 6) is -0.866. The normalized spacial score (nSPS) is 12.1. The minimum absolute atomic E-state index is 0.125. The van der Waals surface area contributed by atoms with Gasteiger partial charge < -0.3 is 10.2 Å². The maximum atomic E-state index is 10.8. The molecule has 2 N–H and O–H groups in total. The van der Waals surface area contributed by atoms with Crippen LogP contribution in [0.1, 0.15) is 34.0 Å². The number of carbonyl (C=O) groups excluding carboxylic acids is 1. The molecule has 0 amide bonds. The van der Waals surface area contributed by atoms with Gasteiger partial charge in [0.1, 0.15) is 6.29 Å². The first-order valence-corrected chi connectivity index (χ1v) is 5.68. The number of halogens is 1. The van der Waals surface area contributed by atoms with Crippen molar-refractivity contribution in [2.24, 2.45) is 0 Å². The second kappa shape index (κ2) is 6.37. The zero-order chi connectivity index (χ0) is 12.8. The van der Waals surface area contributed by atoms with E-state index >= 15 is 0 Å². The molecule has 1 aromatic carbocycles. The van der Waals surface area contributed by atoms with E-state index in [1.54, 1.807) is 6.07 Å². The molecule has 0 aliphatic rings. The molecule has 0 bridgehead atoms. The van der Waals surface area contributed by atoms with Crippen LogP contribution in [0.4, 0.5) is 0 Å². The van der Waals surface area contributed by atoms with Crippen LogP contribution in [0, 0.1) is 0 Å². The highest BCUT2D eigenvalue weighted by Gasteiger charge is 2.19. The first kappa shape index (κ1) is 13.7. The Morgan fingerprint density at radius 2 is 2.18 bits per heavy atom. The SMILES string of the molecule is O=Cc1ccc(CCCCl)cc1C(O)C(=O)O. The number of carboxylic acids is 1. The van der Waals surface area contributed by atoms with Gasteiger partial charge in [-0.05, 0) is 18.4 Å². The molecule has 1 atom stereocenters. The lowest BCUT2D eigenvalue weighted by atomic mass is 9.98. The highest BCUT2D eigenvalue weighted by Crippen LogP contribution is 2.20. The van der Waals surface area contributed by atoms with E-state index in [0.717, 1.165) is 12.0 Å². The minimum atomic E-state index is -1.67. The van der Waals surface area contributed by atoms with Gasteiger partial charge in [-0.25, -0.2) is 4.79 Å². The van der Waals surface area contributed by atoms with Crippen molar-refractivity contribution in [3.8, 4) is 0 Å². The fraction of sp³-hybridized carbons (Fsp3) is 0.333. The Balaban J connectivity index is 3.06. The van der Waals surface area contributed by atoms with Gasteiger partial charge in [0.2, 0.25) is 0 Å². The van der Waals surface area contributed by atoms with E-state index in [0.29, 0.717) is 18.6 Å². The van der Waals surface area contributed by atoms with Gasteiger partial charge >= 0.3 is 5.97 Å². The number of aliphatic hydroxyl groups excluding tert-OH is 1. The second-order valence-electron chi connectivity index (χ2n) is 3.61. The number of carboxylic acid groups (broad SMARTS) is 1. The summed E-state index contributed by atoms with van der Waals surface area (Å²) in [5, 5.41) is 18.2. The summed E-state index contributed by atoms with van der Waals surface area (Å²) in [7, 11) is 0. The molecular formula is C12H13ClO4. The molecule has 1 unspecified atom stereocenters. The summed E-state index contributed by atoms with van der Waals surface area (Å²) < 4.78 is 0. The maximum absolute atomic E-state index is 10.8. The van der Waals surface area contributed by atoms with Crippen LogP contribution in [0.2, 0.25) is 0 Å². The van der Waals surface area contributed by atoms with E-state index < -0.39 is 12.1 Å². The summed E-state index contributed by atoms with van der Waals surface area (Å²) in [6.07, 6.45) is 0.297. The third-order valence-corrected chi connectivity index (χ3v) is 2.67. The van der Waals surface area contributed by atoms with E-state index in [-0.39, 0.29) is 11.1 Å². The van der Waals surface area contributed by atoms with Crippen LogP contribution >= 0.6 is 11.6 Å². The number of hydrogen-bond donors (Lipinski definition) is 2. The Kier molecular flexibility index (Phi) is 5.12. The molecular weight excluding hydrogens is 244 g/mol. The van der Waals surface area contributed by atoms with E-state index in [9.17, 15) is 14.7 Å². The lowest BCUT2D eigenvalue weighted by molar-refractivity contribution is -0.146. The summed E-state index contributed by atoms with van der Waals surface area (Å²) in [4.78, 5) is 21.5. The van der Waals surface area contributed by atoms with Gasteiger partial charge in [0.15, 0.2) is 6.10 Å². The number of alkyl halides is 1. The highest BCUT2D eigenvalue weighted by atomic mass is 35.5. The number of aliphatic carboxylic acids is 1. The van der Waals surface area contributed by atoms with Crippen molar-refractivity contribution in [1.29, 1.82) is 0 Å². The molecule has 0 saturated heterocycles. The number of aryl methyl sites for hydroxylation is 1. The fourth-order valence-corrected chi connectivity index (χ4v) is 1.66.